The number of aliphatic hydroxyl groups excluding tert-OH is 1. The second kappa shape index (κ2) is 7.94. The molecule has 0 aliphatic carbocycles. The van der Waals surface area contributed by atoms with Gasteiger partial charge in [-0.1, -0.05) is 6.92 Å². The minimum Gasteiger partial charge on any atom is -0.396 e. The third-order valence-electron chi connectivity index (χ3n) is 3.44. The lowest BCUT2D eigenvalue weighted by atomic mass is 10.2. The minimum absolute atomic E-state index is 0.145. The molecule has 118 valence electrons. The predicted octanol–water partition coefficient (Wildman–Crippen LogP) is 0.323. The fraction of sp³-hybridized carbons (Fsp3) is 0.769. The average Bonchev–Trinajstić information content (AvgIpc) is 2.55. The molecule has 8 heteroatoms. The monoisotopic (exact) mass is 296 g/mol. The van der Waals surface area contributed by atoms with Crippen molar-refractivity contribution < 1.29 is 9.84 Å². The number of aliphatic hydroxyl groups is 1. The molecule has 0 bridgehead atoms. The molecule has 0 spiro atoms. The van der Waals surface area contributed by atoms with E-state index in [-0.39, 0.29) is 12.6 Å². The van der Waals surface area contributed by atoms with E-state index in [0.717, 1.165) is 19.5 Å². The molecule has 1 saturated heterocycles. The summed E-state index contributed by atoms with van der Waals surface area (Å²) in [5, 5.41) is 15.3. The number of rotatable bonds is 7. The lowest BCUT2D eigenvalue weighted by molar-refractivity contribution is 0.122. The summed E-state index contributed by atoms with van der Waals surface area (Å²) in [6.07, 6.45) is 1.57. The summed E-state index contributed by atoms with van der Waals surface area (Å²) in [5.41, 5.74) is 0. The molecule has 0 saturated carbocycles. The third-order valence-corrected chi connectivity index (χ3v) is 3.44. The maximum atomic E-state index is 9.08. The van der Waals surface area contributed by atoms with Gasteiger partial charge in [-0.2, -0.15) is 15.0 Å². The van der Waals surface area contributed by atoms with E-state index in [1.807, 2.05) is 0 Å². The molecule has 21 heavy (non-hydrogen) atoms. The lowest BCUT2D eigenvalue weighted by Crippen LogP contribution is -2.37. The Kier molecular flexibility index (Phi) is 5.94. The van der Waals surface area contributed by atoms with Gasteiger partial charge in [0.05, 0.1) is 13.2 Å². The first kappa shape index (κ1) is 15.7. The Morgan fingerprint density at radius 3 is 2.57 bits per heavy atom. The Hall–Kier alpha value is -1.67. The largest absolute Gasteiger partial charge is 0.396 e. The van der Waals surface area contributed by atoms with Crippen LogP contribution in [0, 0.1) is 0 Å². The highest BCUT2D eigenvalue weighted by molar-refractivity contribution is 5.44. The highest BCUT2D eigenvalue weighted by Crippen LogP contribution is 2.16. The van der Waals surface area contributed by atoms with E-state index in [2.05, 4.69) is 37.4 Å². The Bertz CT molecular complexity index is 439. The van der Waals surface area contributed by atoms with Gasteiger partial charge in [0.15, 0.2) is 0 Å². The first-order valence-electron chi connectivity index (χ1n) is 7.40. The second-order valence-electron chi connectivity index (χ2n) is 4.89. The molecule has 0 amide bonds. The number of morpholine rings is 1. The molecule has 2 rings (SSSR count). The van der Waals surface area contributed by atoms with Crippen LogP contribution < -0.4 is 15.5 Å². The van der Waals surface area contributed by atoms with Crippen LogP contribution >= 0.6 is 0 Å². The SMILES string of the molecule is CCC(CCO)Nc1nc(NC)nc(N2CCOCC2)n1. The molecule has 2 heterocycles. The van der Waals surface area contributed by atoms with E-state index >= 15 is 0 Å². The van der Waals surface area contributed by atoms with Gasteiger partial charge < -0.3 is 25.4 Å². The zero-order valence-corrected chi connectivity index (χ0v) is 12.7. The van der Waals surface area contributed by atoms with Crippen LogP contribution in [0.3, 0.4) is 0 Å². The molecule has 1 aliphatic heterocycles. The van der Waals surface area contributed by atoms with Crippen LogP contribution in [0.1, 0.15) is 19.8 Å². The summed E-state index contributed by atoms with van der Waals surface area (Å²) in [4.78, 5) is 15.3. The topological polar surface area (TPSA) is 95.4 Å². The van der Waals surface area contributed by atoms with Gasteiger partial charge >= 0.3 is 0 Å². The van der Waals surface area contributed by atoms with Gasteiger partial charge in [-0.15, -0.1) is 0 Å². The molecule has 1 unspecified atom stereocenters. The Morgan fingerprint density at radius 1 is 1.24 bits per heavy atom. The number of anilines is 3. The van der Waals surface area contributed by atoms with Gasteiger partial charge in [-0.25, -0.2) is 0 Å². The Balaban J connectivity index is 2.16. The maximum Gasteiger partial charge on any atom is 0.232 e. The summed E-state index contributed by atoms with van der Waals surface area (Å²) in [6, 6.07) is 0.152. The number of hydrogen-bond acceptors (Lipinski definition) is 8. The van der Waals surface area contributed by atoms with Crippen molar-refractivity contribution in [2.24, 2.45) is 0 Å². The number of hydrogen-bond donors (Lipinski definition) is 3. The van der Waals surface area contributed by atoms with Crippen molar-refractivity contribution in [2.75, 3.05) is 55.5 Å². The van der Waals surface area contributed by atoms with Crippen molar-refractivity contribution in [3.8, 4) is 0 Å². The van der Waals surface area contributed by atoms with Crippen molar-refractivity contribution in [3.63, 3.8) is 0 Å². The number of nitrogens with zero attached hydrogens (tertiary/aromatic N) is 4. The normalized spacial score (nSPS) is 16.6. The molecule has 0 aromatic carbocycles. The van der Waals surface area contributed by atoms with Gasteiger partial charge in [-0.3, -0.25) is 0 Å². The van der Waals surface area contributed by atoms with Crippen LogP contribution in [0.2, 0.25) is 0 Å². The Morgan fingerprint density at radius 2 is 1.95 bits per heavy atom. The smallest absolute Gasteiger partial charge is 0.232 e. The van der Waals surface area contributed by atoms with Gasteiger partial charge in [0.1, 0.15) is 0 Å². The van der Waals surface area contributed by atoms with Gasteiger partial charge in [-0.05, 0) is 12.8 Å². The van der Waals surface area contributed by atoms with Gasteiger partial charge in [0.25, 0.3) is 0 Å². The fourth-order valence-corrected chi connectivity index (χ4v) is 2.16. The van der Waals surface area contributed by atoms with E-state index in [9.17, 15) is 0 Å². The highest BCUT2D eigenvalue weighted by atomic mass is 16.5. The van der Waals surface area contributed by atoms with Gasteiger partial charge in [0.2, 0.25) is 17.8 Å². The fourth-order valence-electron chi connectivity index (χ4n) is 2.16. The molecular formula is C13H24N6O2. The molecule has 1 atom stereocenters. The van der Waals surface area contributed by atoms with Crippen molar-refractivity contribution in [1.29, 1.82) is 0 Å². The van der Waals surface area contributed by atoms with Crippen molar-refractivity contribution >= 4 is 17.8 Å². The van der Waals surface area contributed by atoms with Crippen LogP contribution in [0.5, 0.6) is 0 Å². The minimum atomic E-state index is 0.145. The second-order valence-corrected chi connectivity index (χ2v) is 4.89. The molecular weight excluding hydrogens is 272 g/mol. The average molecular weight is 296 g/mol. The van der Waals surface area contributed by atoms with Crippen LogP contribution in [-0.4, -0.2) is 66.1 Å². The molecule has 0 radical (unpaired) electrons. The van der Waals surface area contributed by atoms with Crippen molar-refractivity contribution in [1.82, 2.24) is 15.0 Å². The first-order chi connectivity index (χ1) is 10.3. The van der Waals surface area contributed by atoms with Gasteiger partial charge in [0, 0.05) is 32.8 Å². The van der Waals surface area contributed by atoms with Crippen LogP contribution in [-0.2, 0) is 4.74 Å². The lowest BCUT2D eigenvalue weighted by Gasteiger charge is -2.27. The number of nitrogens with one attached hydrogen (secondary N) is 2. The van der Waals surface area contributed by atoms with Crippen LogP contribution in [0.25, 0.3) is 0 Å². The molecule has 3 N–H and O–H groups in total. The summed E-state index contributed by atoms with van der Waals surface area (Å²) >= 11 is 0. The summed E-state index contributed by atoms with van der Waals surface area (Å²) < 4.78 is 5.35. The van der Waals surface area contributed by atoms with Crippen molar-refractivity contribution in [3.05, 3.63) is 0 Å². The highest BCUT2D eigenvalue weighted by Gasteiger charge is 2.17. The number of aromatic nitrogens is 3. The van der Waals surface area contributed by atoms with E-state index in [0.29, 0.717) is 37.5 Å². The molecule has 8 nitrogen and oxygen atoms in total. The molecule has 1 aromatic heterocycles. The molecule has 1 fully saturated rings. The first-order valence-corrected chi connectivity index (χ1v) is 7.40. The van der Waals surface area contributed by atoms with E-state index in [1.165, 1.54) is 0 Å². The quantitative estimate of drug-likeness (QED) is 0.662. The van der Waals surface area contributed by atoms with Crippen LogP contribution in [0.15, 0.2) is 0 Å². The summed E-state index contributed by atoms with van der Waals surface area (Å²) in [6.45, 7) is 5.14. The summed E-state index contributed by atoms with van der Waals surface area (Å²) in [7, 11) is 1.78. The molecule has 1 aromatic rings. The summed E-state index contributed by atoms with van der Waals surface area (Å²) in [5.74, 6) is 1.72. The standard InChI is InChI=1S/C13H24N6O2/c1-3-10(4-7-20)15-12-16-11(14-2)17-13(18-12)19-5-8-21-9-6-19/h10,20H,3-9H2,1-2H3,(H2,14,15,16,17,18). The number of ether oxygens (including phenoxy) is 1. The molecule has 1 aliphatic rings. The van der Waals surface area contributed by atoms with E-state index in [4.69, 9.17) is 9.84 Å². The van der Waals surface area contributed by atoms with Crippen molar-refractivity contribution in [2.45, 2.75) is 25.8 Å². The van der Waals surface area contributed by atoms with Crippen LogP contribution in [0.4, 0.5) is 17.8 Å². The zero-order chi connectivity index (χ0) is 15.1. The predicted molar refractivity (Wildman–Crippen MR) is 81.8 cm³/mol. The Labute approximate surface area is 125 Å². The maximum absolute atomic E-state index is 9.08. The third kappa shape index (κ3) is 4.40. The van der Waals surface area contributed by atoms with E-state index < -0.39 is 0 Å². The van der Waals surface area contributed by atoms with E-state index in [1.54, 1.807) is 7.05 Å². The zero-order valence-electron chi connectivity index (χ0n) is 12.7.